The topological polar surface area (TPSA) is 441 Å². The highest BCUT2D eigenvalue weighted by molar-refractivity contribution is 7.90. The van der Waals surface area contributed by atoms with Gasteiger partial charge in [-0.25, -0.2) is 18.1 Å². The van der Waals surface area contributed by atoms with E-state index >= 15 is 33.6 Å². The van der Waals surface area contributed by atoms with E-state index in [1.54, 1.807) is 85.3 Å². The van der Waals surface area contributed by atoms with Crippen LogP contribution in [0.4, 0.5) is 0 Å². The predicted octanol–water partition coefficient (Wildman–Crippen LogP) is 10.0. The Morgan fingerprint density at radius 3 is 1.73 bits per heavy atom. The Bertz CT molecular complexity index is 6130. The van der Waals surface area contributed by atoms with E-state index in [0.29, 0.717) is 91.8 Å². The maximum Gasteiger partial charge on any atom is 0.264 e. The van der Waals surface area contributed by atoms with Gasteiger partial charge in [-0.1, -0.05) is 153 Å². The molecule has 732 valence electrons. The average molecular weight is 1900 g/mol. The van der Waals surface area contributed by atoms with Gasteiger partial charge in [0, 0.05) is 104 Å². The fraction of sp³-hybridized carbons (Fsp3) is 0.429. The first kappa shape index (κ1) is 102. The molecule has 9 atom stereocenters. The molecule has 14 N–H and O–H groups in total. The van der Waals surface area contributed by atoms with Crippen LogP contribution in [-0.2, 0) is 100 Å². The number of ether oxygens (including phenoxy) is 3. The van der Waals surface area contributed by atoms with Crippen LogP contribution in [0.3, 0.4) is 0 Å². The van der Waals surface area contributed by atoms with Crippen molar-refractivity contribution in [1.29, 1.82) is 5.41 Å². The smallest absolute Gasteiger partial charge is 0.264 e. The SMILES string of the molecule is CCNC(=O)[C@@H]1CCCN1C(=O)[C@H](CCCNC(=N)NS(=O)(=O)c1c(C)c(C)c2c(c1C)CC(C)(C)O2)NC(=O)[C@H](CC(C)C)NC(=O)[C@@H](Cc1c(C)[nH]c2ccccc12)NC(=O)[C@H](Cc1ccc(OC(C)(C)C)cc1)NC(=O)[C@H](COC(C)(C)C)NC(=O)[C@H](Cc1c[nH]c2ccccc12)NC(=O)[C@H](Cc1cn(C(c2ccccc2)(c2ccccc2)c2ccccc2)cn1)NC(=O)[C@@H]1CCC(=O)N1. The number of fused-ring (bicyclic) bond motifs is 3. The summed E-state index contributed by atoms with van der Waals surface area (Å²) in [5.41, 5.74) is 6.09. The summed E-state index contributed by atoms with van der Waals surface area (Å²) in [6.07, 6.45) is 5.85. The molecule has 3 aliphatic heterocycles. The zero-order chi connectivity index (χ0) is 99.3. The number of aryl methyl sites for hydroxylation is 1. The fourth-order valence-corrected chi connectivity index (χ4v) is 20.2. The summed E-state index contributed by atoms with van der Waals surface area (Å²) in [6.45, 7) is 27.2. The molecule has 6 heterocycles. The molecule has 2 saturated heterocycles. The molecular weight excluding hydrogens is 1770 g/mol. The van der Waals surface area contributed by atoms with E-state index < -0.39 is 147 Å². The lowest BCUT2D eigenvalue weighted by Gasteiger charge is -2.37. The number of likely N-dealkylation sites (tertiary alicyclic amines) is 1. The summed E-state index contributed by atoms with van der Waals surface area (Å²) < 4.78 is 51.7. The lowest BCUT2D eigenvalue weighted by atomic mass is 9.77. The number of imidazole rings is 1. The second-order valence-electron chi connectivity index (χ2n) is 39.2. The number of nitrogens with zero attached hydrogens (tertiary/aromatic N) is 3. The number of aromatic nitrogens is 4. The molecule has 13 rings (SSSR count). The van der Waals surface area contributed by atoms with Gasteiger partial charge >= 0.3 is 0 Å². The number of hydrogen-bond donors (Lipinski definition) is 14. The summed E-state index contributed by atoms with van der Waals surface area (Å²) in [4.78, 5) is 164. The zero-order valence-electron chi connectivity index (χ0n) is 81.3. The minimum absolute atomic E-state index is 0.00157. The highest BCUT2D eigenvalue weighted by Crippen LogP contribution is 2.45. The standard InChI is InChI=1S/C105H131N17O15S/c1-16-107-99(131)88-43-31-51-122(88)100(132)81(42-30-50-108-101(106)120-138(133,134)91-64(5)63(4)90-77(65(91)6)57-104(14,15)137-90)113-93(125)82(52-62(2)3)114-97(129)86(56-76-66(7)111-79-41-29-27-39-75(76)79)118-94(126)83(53-67-44-46-73(47-45-67)136-103(11,12)13)115-98(130)87(60-135-102(8,9)10)119-95(127)84(54-68-58-109-78-40-28-26-38-74(68)78)116-96(128)85(117-92(124)80-48-49-89(123)112-80)55-72-59-121(61-110-72)105(69-32-20-17-21-33-69,70-34-22-18-23-35-70)71-36-24-19-25-37-71/h17-29,32-41,44-47,58-59,61-62,80-88,109,111H,16,30-31,42-43,48-57,60H2,1-15H3,(H,107,131)(H,112,123)(H,113,125)(H,114,129)(H,115,130)(H,116,128)(H,117,124)(H,118,126)(H,119,127)(H3,106,108,120)/t80-,81-,82-,83-,84-,85-,86+,87-,88-/m0/s1. The third kappa shape index (κ3) is 24.8. The highest BCUT2D eigenvalue weighted by atomic mass is 32.2. The summed E-state index contributed by atoms with van der Waals surface area (Å²) >= 11 is 0. The molecule has 0 aliphatic carbocycles. The van der Waals surface area contributed by atoms with E-state index in [1.807, 2.05) is 206 Å². The first-order chi connectivity index (χ1) is 65.6. The molecular formula is C105H131N17O15S. The molecule has 10 amide bonds. The number of amides is 10. The summed E-state index contributed by atoms with van der Waals surface area (Å²) in [7, 11) is -4.34. The van der Waals surface area contributed by atoms with Gasteiger partial charge in [-0.2, -0.15) is 0 Å². The van der Waals surface area contributed by atoms with Crippen molar-refractivity contribution in [2.24, 2.45) is 5.92 Å². The number of nitrogens with one attached hydrogen (secondary N) is 14. The van der Waals surface area contributed by atoms with Gasteiger partial charge in [0.15, 0.2) is 0 Å². The van der Waals surface area contributed by atoms with E-state index in [0.717, 1.165) is 27.8 Å². The number of guanidine groups is 1. The van der Waals surface area contributed by atoms with Gasteiger partial charge in [0.05, 0.1) is 29.1 Å². The van der Waals surface area contributed by atoms with Crippen molar-refractivity contribution in [3.63, 3.8) is 0 Å². The Labute approximate surface area is 806 Å². The van der Waals surface area contributed by atoms with Crippen molar-refractivity contribution in [3.05, 3.63) is 250 Å². The highest BCUT2D eigenvalue weighted by Gasteiger charge is 2.44. The van der Waals surface area contributed by atoms with Crippen molar-refractivity contribution in [3.8, 4) is 11.5 Å². The van der Waals surface area contributed by atoms with Gasteiger partial charge in [-0.05, 0) is 209 Å². The molecule has 3 aliphatic rings. The van der Waals surface area contributed by atoms with Crippen LogP contribution in [0.15, 0.2) is 187 Å². The Balaban J connectivity index is 0.802. The first-order valence-electron chi connectivity index (χ1n) is 47.5. The largest absolute Gasteiger partial charge is 0.488 e. The Morgan fingerprint density at radius 2 is 1.14 bits per heavy atom. The van der Waals surface area contributed by atoms with Crippen molar-refractivity contribution in [1.82, 2.24) is 82.3 Å². The number of rotatable bonds is 40. The van der Waals surface area contributed by atoms with Crippen LogP contribution in [0.25, 0.3) is 21.8 Å². The average Bonchev–Trinajstić information content (AvgIpc) is 1.10. The van der Waals surface area contributed by atoms with Crippen LogP contribution >= 0.6 is 0 Å². The number of H-pyrrole nitrogens is 2. The van der Waals surface area contributed by atoms with Crippen molar-refractivity contribution in [2.75, 3.05) is 26.2 Å². The predicted molar refractivity (Wildman–Crippen MR) is 527 cm³/mol. The summed E-state index contributed by atoms with van der Waals surface area (Å²) in [5, 5.41) is 39.3. The van der Waals surface area contributed by atoms with E-state index in [2.05, 4.69) is 67.9 Å². The Kier molecular flexibility index (Phi) is 32.3. The molecule has 0 spiro atoms. The fourth-order valence-electron chi connectivity index (χ4n) is 18.7. The van der Waals surface area contributed by atoms with Gasteiger partial charge in [0.25, 0.3) is 10.0 Å². The molecule has 138 heavy (non-hydrogen) atoms. The number of carbonyl (C=O) groups excluding carboxylic acids is 10. The van der Waals surface area contributed by atoms with E-state index in [4.69, 9.17) is 24.6 Å². The van der Waals surface area contributed by atoms with Crippen molar-refractivity contribution >= 4 is 96.9 Å². The molecule has 33 heteroatoms. The number of benzene rings is 7. The van der Waals surface area contributed by atoms with Crippen molar-refractivity contribution < 1.29 is 70.6 Å². The van der Waals surface area contributed by atoms with E-state index in [-0.39, 0.29) is 100 Å². The second kappa shape index (κ2) is 43.8. The maximum atomic E-state index is 16.1. The maximum absolute atomic E-state index is 16.1. The zero-order valence-corrected chi connectivity index (χ0v) is 82.1. The second-order valence-corrected chi connectivity index (χ2v) is 40.8. The Morgan fingerprint density at radius 1 is 0.601 bits per heavy atom. The quantitative estimate of drug-likeness (QED) is 0.00734. The third-order valence-corrected chi connectivity index (χ3v) is 27.0. The van der Waals surface area contributed by atoms with Crippen LogP contribution in [0.5, 0.6) is 11.5 Å². The van der Waals surface area contributed by atoms with Gasteiger partial charge in [-0.15, -0.1) is 0 Å². The molecule has 3 aromatic heterocycles. The molecule has 10 aromatic rings. The first-order valence-corrected chi connectivity index (χ1v) is 49.0. The number of para-hydroxylation sites is 2. The molecule has 0 radical (unpaired) electrons. The van der Waals surface area contributed by atoms with Crippen LogP contribution in [0.2, 0.25) is 0 Å². The normalized spacial score (nSPS) is 16.3. The number of likely N-dealkylation sites (N-methyl/N-ethyl adjacent to an activating group) is 1. The van der Waals surface area contributed by atoms with Crippen LogP contribution in [0.1, 0.15) is 188 Å². The van der Waals surface area contributed by atoms with E-state index in [1.165, 1.54) is 4.90 Å². The van der Waals surface area contributed by atoms with Gasteiger partial charge in [0.1, 0.15) is 82.6 Å². The van der Waals surface area contributed by atoms with Crippen molar-refractivity contribution in [2.45, 2.75) is 263 Å². The van der Waals surface area contributed by atoms with Crippen LogP contribution < -0.4 is 67.4 Å². The lowest BCUT2D eigenvalue weighted by Crippen LogP contribution is -2.62. The number of sulfonamides is 1. The molecule has 32 nitrogen and oxygen atoms in total. The number of carbonyl (C=O) groups is 10. The van der Waals surface area contributed by atoms with Gasteiger partial charge in [-0.3, -0.25) is 53.4 Å². The summed E-state index contributed by atoms with van der Waals surface area (Å²) in [6, 6.07) is 39.0. The monoisotopic (exact) mass is 1900 g/mol. The molecule has 0 bridgehead atoms. The van der Waals surface area contributed by atoms with Gasteiger partial charge < -0.3 is 86.8 Å². The minimum Gasteiger partial charge on any atom is -0.488 e. The number of aromatic amines is 2. The summed E-state index contributed by atoms with van der Waals surface area (Å²) in [5.74, 6) is -6.82. The van der Waals surface area contributed by atoms with Crippen LogP contribution in [-0.4, -0.2) is 195 Å². The molecule has 2 fully saturated rings. The molecule has 7 aromatic carbocycles. The number of hydrogen-bond acceptors (Lipinski definition) is 17. The van der Waals surface area contributed by atoms with Gasteiger partial charge in [0.2, 0.25) is 65.0 Å². The molecule has 0 unspecified atom stereocenters. The molecule has 0 saturated carbocycles. The Hall–Kier alpha value is -13.7. The lowest BCUT2D eigenvalue weighted by molar-refractivity contribution is -0.142. The third-order valence-electron chi connectivity index (χ3n) is 25.4. The minimum atomic E-state index is -4.34. The van der Waals surface area contributed by atoms with E-state index in [9.17, 15) is 22.8 Å². The van der Waals surface area contributed by atoms with Crippen LogP contribution in [0, 0.1) is 39.0 Å².